The van der Waals surface area contributed by atoms with Gasteiger partial charge in [-0.05, 0) is 25.1 Å². The standard InChI is InChI=1S/C18H21N5O/c1-12-16(17(18(2,3)4)22-23(12)7-6-19)24-15-9-13(11-20)8-14(10-15)21-5/h8-10H,6-7,19H2,1-4H3. The van der Waals surface area contributed by atoms with Crippen molar-refractivity contribution in [3.05, 3.63) is 46.6 Å². The van der Waals surface area contributed by atoms with Crippen LogP contribution in [0, 0.1) is 24.8 Å². The number of benzene rings is 1. The SMILES string of the molecule is [C-]#[N+]c1cc(C#N)cc(Oc2c(C(C)(C)C)nn(CCN)c2C)c1. The van der Waals surface area contributed by atoms with Gasteiger partial charge in [0, 0.05) is 17.5 Å². The summed E-state index contributed by atoms with van der Waals surface area (Å²) in [5.41, 5.74) is 7.89. The monoisotopic (exact) mass is 323 g/mol. The summed E-state index contributed by atoms with van der Waals surface area (Å²) in [5, 5.41) is 13.8. The van der Waals surface area contributed by atoms with Crippen LogP contribution in [0.2, 0.25) is 0 Å². The molecule has 0 fully saturated rings. The Morgan fingerprint density at radius 3 is 2.62 bits per heavy atom. The van der Waals surface area contributed by atoms with Crippen molar-refractivity contribution in [2.45, 2.75) is 39.7 Å². The minimum atomic E-state index is -0.213. The first kappa shape index (κ1) is 17.5. The summed E-state index contributed by atoms with van der Waals surface area (Å²) in [6.45, 7) is 16.4. The van der Waals surface area contributed by atoms with E-state index in [9.17, 15) is 0 Å². The van der Waals surface area contributed by atoms with E-state index in [1.165, 1.54) is 6.07 Å². The fourth-order valence-corrected chi connectivity index (χ4v) is 2.37. The minimum Gasteiger partial charge on any atom is -0.455 e. The van der Waals surface area contributed by atoms with Crippen LogP contribution in [0.15, 0.2) is 18.2 Å². The summed E-state index contributed by atoms with van der Waals surface area (Å²) in [7, 11) is 0. The lowest BCUT2D eigenvalue weighted by atomic mass is 9.91. The zero-order valence-electron chi connectivity index (χ0n) is 14.4. The average Bonchev–Trinajstić information content (AvgIpc) is 2.84. The Bertz CT molecular complexity index is 799. The van der Waals surface area contributed by atoms with Crippen molar-refractivity contribution >= 4 is 5.69 Å². The van der Waals surface area contributed by atoms with Gasteiger partial charge >= 0.3 is 0 Å². The average molecular weight is 323 g/mol. The highest BCUT2D eigenvalue weighted by atomic mass is 16.5. The van der Waals surface area contributed by atoms with Crippen molar-refractivity contribution in [2.24, 2.45) is 5.73 Å². The van der Waals surface area contributed by atoms with Crippen LogP contribution in [0.3, 0.4) is 0 Å². The fourth-order valence-electron chi connectivity index (χ4n) is 2.37. The van der Waals surface area contributed by atoms with Gasteiger partial charge in [-0.2, -0.15) is 10.4 Å². The summed E-state index contributed by atoms with van der Waals surface area (Å²) < 4.78 is 7.89. The first-order valence-corrected chi connectivity index (χ1v) is 7.68. The van der Waals surface area contributed by atoms with Crippen LogP contribution in [0.4, 0.5) is 5.69 Å². The van der Waals surface area contributed by atoms with E-state index in [2.05, 4.69) is 36.8 Å². The molecule has 0 radical (unpaired) electrons. The molecular weight excluding hydrogens is 302 g/mol. The lowest BCUT2D eigenvalue weighted by molar-refractivity contribution is 0.450. The third kappa shape index (κ3) is 3.56. The van der Waals surface area contributed by atoms with Gasteiger partial charge < -0.3 is 10.5 Å². The predicted octanol–water partition coefficient (Wildman–Crippen LogP) is 3.66. The lowest BCUT2D eigenvalue weighted by Crippen LogP contribution is -2.16. The number of hydrogen-bond donors (Lipinski definition) is 1. The van der Waals surface area contributed by atoms with E-state index < -0.39 is 0 Å². The second-order valence-electron chi connectivity index (χ2n) is 6.57. The summed E-state index contributed by atoms with van der Waals surface area (Å²) in [6, 6.07) is 6.84. The third-order valence-corrected chi connectivity index (χ3v) is 3.57. The van der Waals surface area contributed by atoms with Crippen molar-refractivity contribution in [3.63, 3.8) is 0 Å². The molecule has 0 saturated carbocycles. The molecule has 0 spiro atoms. The van der Waals surface area contributed by atoms with E-state index in [0.29, 0.717) is 35.8 Å². The smallest absolute Gasteiger partial charge is 0.192 e. The van der Waals surface area contributed by atoms with Crippen LogP contribution < -0.4 is 10.5 Å². The Morgan fingerprint density at radius 2 is 2.08 bits per heavy atom. The molecule has 0 unspecified atom stereocenters. The van der Waals surface area contributed by atoms with Crippen LogP contribution >= 0.6 is 0 Å². The maximum absolute atomic E-state index is 9.12. The Morgan fingerprint density at radius 1 is 1.38 bits per heavy atom. The van der Waals surface area contributed by atoms with Gasteiger partial charge in [0.1, 0.15) is 11.4 Å². The first-order valence-electron chi connectivity index (χ1n) is 7.68. The van der Waals surface area contributed by atoms with Gasteiger partial charge in [0.2, 0.25) is 0 Å². The van der Waals surface area contributed by atoms with Crippen LogP contribution in [0.1, 0.15) is 37.7 Å². The topological polar surface area (TPSA) is 81.2 Å². The van der Waals surface area contributed by atoms with Crippen LogP contribution in [0.25, 0.3) is 4.85 Å². The molecule has 0 atom stereocenters. The predicted molar refractivity (Wildman–Crippen MR) is 92.2 cm³/mol. The molecule has 2 rings (SSSR count). The number of aromatic nitrogens is 2. The highest BCUT2D eigenvalue weighted by molar-refractivity contribution is 5.56. The number of nitrogens with zero attached hydrogens (tertiary/aromatic N) is 4. The largest absolute Gasteiger partial charge is 0.455 e. The van der Waals surface area contributed by atoms with E-state index in [0.717, 1.165) is 11.4 Å². The van der Waals surface area contributed by atoms with Gasteiger partial charge in [-0.1, -0.05) is 20.8 Å². The minimum absolute atomic E-state index is 0.213. The molecule has 2 aromatic rings. The van der Waals surface area contributed by atoms with E-state index >= 15 is 0 Å². The second-order valence-corrected chi connectivity index (χ2v) is 6.57. The Labute approximate surface area is 142 Å². The lowest BCUT2D eigenvalue weighted by Gasteiger charge is -2.18. The Hall–Kier alpha value is -2.83. The Kier molecular flexibility index (Phi) is 4.92. The molecule has 6 heteroatoms. The highest BCUT2D eigenvalue weighted by Crippen LogP contribution is 2.37. The normalized spacial score (nSPS) is 11.0. The third-order valence-electron chi connectivity index (χ3n) is 3.57. The molecule has 0 aliphatic heterocycles. The number of hydrogen-bond acceptors (Lipinski definition) is 4. The van der Waals surface area contributed by atoms with E-state index in [-0.39, 0.29) is 5.41 Å². The van der Waals surface area contributed by atoms with Crippen LogP contribution in [-0.4, -0.2) is 16.3 Å². The molecule has 0 bridgehead atoms. The molecule has 24 heavy (non-hydrogen) atoms. The fraction of sp³-hybridized carbons (Fsp3) is 0.389. The maximum Gasteiger partial charge on any atom is 0.192 e. The van der Waals surface area contributed by atoms with Crippen molar-refractivity contribution in [3.8, 4) is 17.6 Å². The molecule has 1 aromatic heterocycles. The number of nitriles is 1. The van der Waals surface area contributed by atoms with Crippen molar-refractivity contribution in [1.29, 1.82) is 5.26 Å². The molecule has 1 aromatic carbocycles. The summed E-state index contributed by atoms with van der Waals surface area (Å²) >= 11 is 0. The van der Waals surface area contributed by atoms with Gasteiger partial charge in [0.15, 0.2) is 11.4 Å². The van der Waals surface area contributed by atoms with Crippen molar-refractivity contribution in [1.82, 2.24) is 9.78 Å². The number of rotatable bonds is 4. The highest BCUT2D eigenvalue weighted by Gasteiger charge is 2.27. The molecule has 1 heterocycles. The zero-order valence-corrected chi connectivity index (χ0v) is 14.4. The molecule has 0 amide bonds. The molecule has 0 saturated heterocycles. The van der Waals surface area contributed by atoms with Gasteiger partial charge in [-0.3, -0.25) is 4.68 Å². The molecule has 0 aliphatic rings. The van der Waals surface area contributed by atoms with Gasteiger partial charge in [-0.15, -0.1) is 0 Å². The van der Waals surface area contributed by atoms with E-state index in [1.54, 1.807) is 12.1 Å². The Balaban J connectivity index is 2.54. The summed E-state index contributed by atoms with van der Waals surface area (Å²) in [5.74, 6) is 1.11. The van der Waals surface area contributed by atoms with E-state index in [4.69, 9.17) is 22.3 Å². The zero-order chi connectivity index (χ0) is 17.9. The molecule has 6 nitrogen and oxygen atoms in total. The van der Waals surface area contributed by atoms with Crippen LogP contribution in [0.5, 0.6) is 11.5 Å². The molecule has 2 N–H and O–H groups in total. The summed E-state index contributed by atoms with van der Waals surface area (Å²) in [4.78, 5) is 3.39. The molecular formula is C18H21N5O. The quantitative estimate of drug-likeness (QED) is 0.871. The van der Waals surface area contributed by atoms with Gasteiger partial charge in [0.05, 0.1) is 24.9 Å². The van der Waals surface area contributed by atoms with E-state index in [1.807, 2.05) is 11.6 Å². The van der Waals surface area contributed by atoms with Crippen LogP contribution in [-0.2, 0) is 12.0 Å². The number of ether oxygens (including phenoxy) is 1. The van der Waals surface area contributed by atoms with Gasteiger partial charge in [0.25, 0.3) is 0 Å². The maximum atomic E-state index is 9.12. The van der Waals surface area contributed by atoms with Crippen molar-refractivity contribution < 1.29 is 4.74 Å². The van der Waals surface area contributed by atoms with Crippen molar-refractivity contribution in [2.75, 3.05) is 6.54 Å². The number of nitrogens with two attached hydrogens (primary N) is 1. The first-order chi connectivity index (χ1) is 11.3. The summed E-state index contributed by atoms with van der Waals surface area (Å²) in [6.07, 6.45) is 0. The molecule has 0 aliphatic carbocycles. The van der Waals surface area contributed by atoms with Gasteiger partial charge in [-0.25, -0.2) is 4.85 Å². The molecule has 124 valence electrons. The second kappa shape index (κ2) is 6.74.